The molecule has 0 fully saturated rings. The van der Waals surface area contributed by atoms with Crippen LogP contribution in [-0.4, -0.2) is 17.0 Å². The van der Waals surface area contributed by atoms with Gasteiger partial charge in [0.25, 0.3) is 0 Å². The Hall–Kier alpha value is -1.64. The molecular weight excluding hydrogens is 329 g/mol. The van der Waals surface area contributed by atoms with E-state index in [2.05, 4.69) is 13.8 Å². The van der Waals surface area contributed by atoms with E-state index in [0.29, 0.717) is 15.6 Å². The molecule has 0 N–H and O–H groups in total. The van der Waals surface area contributed by atoms with Gasteiger partial charge in [-0.2, -0.15) is 0 Å². The lowest BCUT2D eigenvalue weighted by Gasteiger charge is -2.29. The summed E-state index contributed by atoms with van der Waals surface area (Å²) in [6.45, 7) is 4.11. The summed E-state index contributed by atoms with van der Waals surface area (Å²) >= 11 is 12.5. The molecule has 3 rings (SSSR count). The van der Waals surface area contributed by atoms with Crippen molar-refractivity contribution in [3.8, 4) is 0 Å². The van der Waals surface area contributed by atoms with Gasteiger partial charge in [-0.05, 0) is 38.0 Å². The Kier molecular flexibility index (Phi) is 4.31. The minimum atomic E-state index is -0.271. The highest BCUT2D eigenvalue weighted by molar-refractivity contribution is 6.38. The second-order valence-corrected chi connectivity index (χ2v) is 7.28. The van der Waals surface area contributed by atoms with E-state index in [1.165, 1.54) is 0 Å². The van der Waals surface area contributed by atoms with Gasteiger partial charge in [0.15, 0.2) is 5.78 Å². The fraction of sp³-hybridized carbons (Fsp3) is 0.263. The summed E-state index contributed by atoms with van der Waals surface area (Å²) in [5.74, 6) is 0.0408. The van der Waals surface area contributed by atoms with E-state index in [9.17, 15) is 4.79 Å². The number of carbonyl (C=O) groups excluding carboxylic acids is 1. The lowest BCUT2D eigenvalue weighted by atomic mass is 9.85. The van der Waals surface area contributed by atoms with Crippen LogP contribution in [0.4, 0.5) is 0 Å². The van der Waals surface area contributed by atoms with E-state index >= 15 is 0 Å². The maximum absolute atomic E-state index is 12.6. The molecule has 0 saturated carbocycles. The van der Waals surface area contributed by atoms with E-state index in [4.69, 9.17) is 28.2 Å². The van der Waals surface area contributed by atoms with E-state index < -0.39 is 0 Å². The summed E-state index contributed by atoms with van der Waals surface area (Å²) in [7, 11) is 0. The van der Waals surface area contributed by atoms with Gasteiger partial charge in [-0.15, -0.1) is 0 Å². The highest BCUT2D eigenvalue weighted by atomic mass is 35.5. The van der Waals surface area contributed by atoms with Crippen LogP contribution in [0.3, 0.4) is 0 Å². The first kappa shape index (κ1) is 16.2. The van der Waals surface area contributed by atoms with Gasteiger partial charge in [-0.1, -0.05) is 53.5 Å². The predicted molar refractivity (Wildman–Crippen MR) is 96.2 cm³/mol. The summed E-state index contributed by atoms with van der Waals surface area (Å²) in [6.07, 6.45) is 0.993. The van der Waals surface area contributed by atoms with E-state index in [1.807, 2.05) is 36.4 Å². The molecule has 2 aromatic rings. The summed E-state index contributed by atoms with van der Waals surface area (Å²) in [5.41, 5.74) is 3.07. The molecule has 1 heterocycles. The van der Waals surface area contributed by atoms with Gasteiger partial charge < -0.3 is 0 Å². The molecule has 2 aromatic carbocycles. The topological polar surface area (TPSA) is 29.4 Å². The van der Waals surface area contributed by atoms with Gasteiger partial charge in [0.1, 0.15) is 0 Å². The molecule has 0 aliphatic carbocycles. The molecule has 0 saturated heterocycles. The first-order chi connectivity index (χ1) is 10.9. The van der Waals surface area contributed by atoms with Gasteiger partial charge in [-0.3, -0.25) is 9.79 Å². The van der Waals surface area contributed by atoms with Crippen LogP contribution in [-0.2, 0) is 6.42 Å². The Morgan fingerprint density at radius 3 is 2.57 bits per heavy atom. The van der Waals surface area contributed by atoms with Crippen molar-refractivity contribution in [2.45, 2.75) is 32.2 Å². The highest BCUT2D eigenvalue weighted by Gasteiger charge is 2.29. The number of aliphatic imine (C=N–C) groups is 1. The average Bonchev–Trinajstić information content (AvgIpc) is 2.45. The lowest BCUT2D eigenvalue weighted by Crippen LogP contribution is -2.30. The maximum Gasteiger partial charge on any atom is 0.168 e. The Morgan fingerprint density at radius 1 is 1.17 bits per heavy atom. The number of hydrogen-bond donors (Lipinski definition) is 0. The maximum atomic E-state index is 12.6. The minimum Gasteiger partial charge on any atom is -0.294 e. The van der Waals surface area contributed by atoms with Crippen molar-refractivity contribution < 1.29 is 4.79 Å². The molecule has 0 atom stereocenters. The summed E-state index contributed by atoms with van der Waals surface area (Å²) < 4.78 is 0. The van der Waals surface area contributed by atoms with Gasteiger partial charge >= 0.3 is 0 Å². The van der Waals surface area contributed by atoms with Crippen LogP contribution < -0.4 is 0 Å². The third-order valence-electron chi connectivity index (χ3n) is 3.91. The van der Waals surface area contributed by atoms with Crippen LogP contribution in [0.2, 0.25) is 10.0 Å². The number of nitrogens with zero attached hydrogens (tertiary/aromatic N) is 1. The van der Waals surface area contributed by atoms with Gasteiger partial charge in [0, 0.05) is 16.1 Å². The molecule has 0 amide bonds. The molecule has 2 nitrogen and oxygen atoms in total. The van der Waals surface area contributed by atoms with Crippen LogP contribution in [0.1, 0.15) is 41.8 Å². The second-order valence-electron chi connectivity index (χ2n) is 6.44. The zero-order chi connectivity index (χ0) is 16.6. The first-order valence-corrected chi connectivity index (χ1v) is 8.26. The summed E-state index contributed by atoms with van der Waals surface area (Å²) in [6, 6.07) is 12.9. The molecule has 1 aliphatic heterocycles. The standard InChI is InChI=1S/C19H17Cl2NO/c1-19(2)11-13-8-14(20)9-15(21)18(13)16(22-19)10-17(23)12-6-4-3-5-7-12/h3-9H,10-11H2,1-2H3. The third kappa shape index (κ3) is 3.49. The number of ketones is 1. The number of carbonyl (C=O) groups is 1. The molecule has 23 heavy (non-hydrogen) atoms. The van der Waals surface area contributed by atoms with Crippen molar-refractivity contribution in [3.63, 3.8) is 0 Å². The highest BCUT2D eigenvalue weighted by Crippen LogP contribution is 2.35. The molecule has 118 valence electrons. The molecule has 0 spiro atoms. The monoisotopic (exact) mass is 345 g/mol. The van der Waals surface area contributed by atoms with Crippen LogP contribution in [0.25, 0.3) is 0 Å². The Bertz CT molecular complexity index is 795. The number of rotatable bonds is 3. The third-order valence-corrected chi connectivity index (χ3v) is 4.43. The normalized spacial score (nSPS) is 15.7. The number of Topliss-reactive ketones (excluding diaryl/α,β-unsaturated/α-hetero) is 1. The fourth-order valence-electron chi connectivity index (χ4n) is 3.02. The predicted octanol–water partition coefficient (Wildman–Crippen LogP) is 5.39. The smallest absolute Gasteiger partial charge is 0.168 e. The molecule has 0 unspecified atom stereocenters. The number of hydrogen-bond acceptors (Lipinski definition) is 2. The second kappa shape index (κ2) is 6.10. The van der Waals surface area contributed by atoms with Crippen molar-refractivity contribution in [1.82, 2.24) is 0 Å². The minimum absolute atomic E-state index is 0.0408. The van der Waals surface area contributed by atoms with Crippen molar-refractivity contribution in [3.05, 3.63) is 69.2 Å². The molecule has 0 aromatic heterocycles. The van der Waals surface area contributed by atoms with E-state index in [1.54, 1.807) is 6.07 Å². The number of halogens is 2. The Balaban J connectivity index is 2.01. The van der Waals surface area contributed by atoms with Crippen LogP contribution in [0, 0.1) is 0 Å². The Morgan fingerprint density at radius 2 is 1.87 bits per heavy atom. The zero-order valence-electron chi connectivity index (χ0n) is 13.1. The largest absolute Gasteiger partial charge is 0.294 e. The van der Waals surface area contributed by atoms with Gasteiger partial charge in [0.2, 0.25) is 0 Å². The Labute approximate surface area is 146 Å². The zero-order valence-corrected chi connectivity index (χ0v) is 14.6. The van der Waals surface area contributed by atoms with Crippen molar-refractivity contribution >= 4 is 34.7 Å². The van der Waals surface area contributed by atoms with Crippen LogP contribution >= 0.6 is 23.2 Å². The average molecular weight is 346 g/mol. The van der Waals surface area contributed by atoms with Gasteiger partial charge in [0.05, 0.1) is 22.7 Å². The quantitative estimate of drug-likeness (QED) is 0.685. The summed E-state index contributed by atoms with van der Waals surface area (Å²) in [5, 5.41) is 1.17. The van der Waals surface area contributed by atoms with Crippen molar-refractivity contribution in [1.29, 1.82) is 0 Å². The molecule has 0 bridgehead atoms. The van der Waals surface area contributed by atoms with Crippen LogP contribution in [0.15, 0.2) is 47.5 Å². The molecular formula is C19H17Cl2NO. The van der Waals surface area contributed by atoms with Crippen molar-refractivity contribution in [2.75, 3.05) is 0 Å². The van der Waals surface area contributed by atoms with Crippen molar-refractivity contribution in [2.24, 2.45) is 4.99 Å². The SMILES string of the molecule is CC1(C)Cc2cc(Cl)cc(Cl)c2C(CC(=O)c2ccccc2)=N1. The van der Waals surface area contributed by atoms with E-state index in [0.717, 1.165) is 23.3 Å². The van der Waals surface area contributed by atoms with Gasteiger partial charge in [-0.25, -0.2) is 0 Å². The van der Waals surface area contributed by atoms with Crippen LogP contribution in [0.5, 0.6) is 0 Å². The lowest BCUT2D eigenvalue weighted by molar-refractivity contribution is 0.100. The van der Waals surface area contributed by atoms with E-state index in [-0.39, 0.29) is 17.7 Å². The molecule has 0 radical (unpaired) electrons. The molecule has 1 aliphatic rings. The number of benzene rings is 2. The first-order valence-electron chi connectivity index (χ1n) is 7.51. The fourth-order valence-corrected chi connectivity index (χ4v) is 3.67. The summed E-state index contributed by atoms with van der Waals surface area (Å²) in [4.78, 5) is 17.3. The number of fused-ring (bicyclic) bond motifs is 1. The molecule has 4 heteroatoms.